The number of fused-ring (bicyclic) bond motifs is 1. The molecule has 1 aliphatic heterocycles. The molecule has 0 bridgehead atoms. The van der Waals surface area contributed by atoms with E-state index in [1.54, 1.807) is 12.1 Å². The molecule has 4 aromatic rings. The van der Waals surface area contributed by atoms with Gasteiger partial charge < -0.3 is 16.1 Å². The number of rotatable bonds is 10. The Labute approximate surface area is 280 Å². The number of halogens is 5. The molecule has 1 fully saturated rings. The summed E-state index contributed by atoms with van der Waals surface area (Å²) >= 11 is 6.76. The molecule has 3 heterocycles. The van der Waals surface area contributed by atoms with Crippen LogP contribution in [0.25, 0.3) is 10.9 Å². The Morgan fingerprint density at radius 2 is 1.90 bits per heavy atom. The second-order valence-corrected chi connectivity index (χ2v) is 12.1. The lowest BCUT2D eigenvalue weighted by Crippen LogP contribution is -2.53. The molecule has 0 amide bonds. The molecule has 242 valence electrons. The SMILES string of the molecule is [B]C(Nc1cc(Cl)c2ncc(C#N)c(N[C@H](CCC#N)c3ccccc3)c2c1)(C1=CN(C2(C(F)(F)F)CC2)NN1)c1ccc(F)nc1C. The lowest BCUT2D eigenvalue weighted by molar-refractivity contribution is -0.195. The van der Waals surface area contributed by atoms with Crippen molar-refractivity contribution < 1.29 is 17.6 Å². The van der Waals surface area contributed by atoms with Crippen molar-refractivity contribution in [1.29, 1.82) is 10.5 Å². The van der Waals surface area contributed by atoms with E-state index in [4.69, 9.17) is 19.4 Å². The van der Waals surface area contributed by atoms with Gasteiger partial charge in [-0.05, 0) is 55.5 Å². The summed E-state index contributed by atoms with van der Waals surface area (Å²) in [5, 5.41) is 27.6. The number of anilines is 2. The van der Waals surface area contributed by atoms with Gasteiger partial charge in [0.1, 0.15) is 13.9 Å². The van der Waals surface area contributed by atoms with Gasteiger partial charge in [0.15, 0.2) is 5.54 Å². The highest BCUT2D eigenvalue weighted by molar-refractivity contribution is 6.36. The third kappa shape index (κ3) is 5.94. The summed E-state index contributed by atoms with van der Waals surface area (Å²) in [6, 6.07) is 19.1. The summed E-state index contributed by atoms with van der Waals surface area (Å²) in [7, 11) is 7.03. The Balaban J connectivity index is 1.46. The van der Waals surface area contributed by atoms with E-state index in [0.717, 1.165) is 16.6 Å². The summed E-state index contributed by atoms with van der Waals surface area (Å²) in [6.45, 7) is 1.53. The Morgan fingerprint density at radius 3 is 2.54 bits per heavy atom. The highest BCUT2D eigenvalue weighted by Crippen LogP contribution is 2.54. The number of nitrogens with one attached hydrogen (secondary N) is 4. The van der Waals surface area contributed by atoms with Crippen LogP contribution in [0.2, 0.25) is 5.02 Å². The van der Waals surface area contributed by atoms with Crippen LogP contribution in [0.4, 0.5) is 28.9 Å². The fraction of sp³-hybridized carbons (Fsp3) is 0.273. The van der Waals surface area contributed by atoms with Crippen molar-refractivity contribution in [2.24, 2.45) is 0 Å². The van der Waals surface area contributed by atoms with Crippen molar-refractivity contribution in [2.75, 3.05) is 10.6 Å². The van der Waals surface area contributed by atoms with Gasteiger partial charge in [-0.2, -0.15) is 28.1 Å². The number of pyridine rings is 2. The average molecular weight is 672 g/mol. The molecule has 2 radical (unpaired) electrons. The maximum absolute atomic E-state index is 14.1. The Kier molecular flexibility index (Phi) is 8.58. The fourth-order valence-electron chi connectivity index (χ4n) is 5.94. The number of alkyl halides is 3. The number of hydrazine groups is 2. The zero-order valence-electron chi connectivity index (χ0n) is 25.5. The third-order valence-corrected chi connectivity index (χ3v) is 8.92. The largest absolute Gasteiger partial charge is 0.413 e. The van der Waals surface area contributed by atoms with Crippen LogP contribution in [-0.4, -0.2) is 34.5 Å². The second kappa shape index (κ2) is 12.5. The van der Waals surface area contributed by atoms with Crippen molar-refractivity contribution in [3.63, 3.8) is 0 Å². The van der Waals surface area contributed by atoms with Crippen molar-refractivity contribution >= 4 is 41.7 Å². The Bertz CT molecular complexity index is 1990. The molecule has 2 aliphatic rings. The van der Waals surface area contributed by atoms with Crippen LogP contribution in [0.5, 0.6) is 0 Å². The van der Waals surface area contributed by atoms with E-state index >= 15 is 0 Å². The molecule has 0 spiro atoms. The molecular weight excluding hydrogens is 645 g/mol. The molecular formula is C33H27BClF4N9. The minimum absolute atomic E-state index is 0.0913. The molecule has 0 saturated heterocycles. The summed E-state index contributed by atoms with van der Waals surface area (Å²) in [5.74, 6) is -0.760. The van der Waals surface area contributed by atoms with Gasteiger partial charge >= 0.3 is 6.18 Å². The highest BCUT2D eigenvalue weighted by atomic mass is 35.5. The van der Waals surface area contributed by atoms with E-state index < -0.39 is 23.1 Å². The first-order valence-electron chi connectivity index (χ1n) is 14.9. The zero-order valence-corrected chi connectivity index (χ0v) is 26.2. The Hall–Kier alpha value is -5.05. The highest BCUT2D eigenvalue weighted by Gasteiger charge is 2.67. The van der Waals surface area contributed by atoms with E-state index in [1.807, 2.05) is 30.3 Å². The first-order chi connectivity index (χ1) is 22.9. The van der Waals surface area contributed by atoms with Crippen LogP contribution in [0.15, 0.2) is 72.7 Å². The monoisotopic (exact) mass is 671 g/mol. The number of aromatic nitrogens is 2. The summed E-state index contributed by atoms with van der Waals surface area (Å²) < 4.78 is 56.1. The van der Waals surface area contributed by atoms with E-state index in [0.29, 0.717) is 28.7 Å². The smallest absolute Gasteiger partial charge is 0.378 e. The Morgan fingerprint density at radius 1 is 1.15 bits per heavy atom. The normalized spacial score (nSPS) is 17.0. The van der Waals surface area contributed by atoms with E-state index in [9.17, 15) is 28.1 Å². The van der Waals surface area contributed by atoms with Crippen LogP contribution < -0.4 is 21.6 Å². The number of hydrogen-bond donors (Lipinski definition) is 4. The van der Waals surface area contributed by atoms with Gasteiger partial charge in [-0.3, -0.25) is 9.99 Å². The van der Waals surface area contributed by atoms with Gasteiger partial charge in [-0.1, -0.05) is 48.0 Å². The molecule has 2 aromatic heterocycles. The van der Waals surface area contributed by atoms with Crippen molar-refractivity contribution in [3.8, 4) is 12.1 Å². The first-order valence-corrected chi connectivity index (χ1v) is 15.3. The molecule has 9 nitrogen and oxygen atoms in total. The minimum Gasteiger partial charge on any atom is -0.378 e. The van der Waals surface area contributed by atoms with Gasteiger partial charge in [0.25, 0.3) is 0 Å². The predicted molar refractivity (Wildman–Crippen MR) is 173 cm³/mol. The van der Waals surface area contributed by atoms with Crippen molar-refractivity contribution in [3.05, 3.63) is 106 Å². The molecule has 1 aliphatic carbocycles. The number of benzene rings is 2. The molecule has 2 aromatic carbocycles. The van der Waals surface area contributed by atoms with Crippen LogP contribution in [0.3, 0.4) is 0 Å². The number of aryl methyl sites for hydroxylation is 1. The second-order valence-electron chi connectivity index (χ2n) is 11.7. The molecule has 6 rings (SSSR count). The molecule has 1 saturated carbocycles. The van der Waals surface area contributed by atoms with Crippen LogP contribution in [0, 0.1) is 35.5 Å². The van der Waals surface area contributed by atoms with Crippen molar-refractivity contribution in [1.82, 2.24) is 25.9 Å². The minimum atomic E-state index is -4.52. The summed E-state index contributed by atoms with van der Waals surface area (Å²) in [6.07, 6.45) is -1.42. The lowest BCUT2D eigenvalue weighted by Gasteiger charge is -2.35. The van der Waals surface area contributed by atoms with Crippen LogP contribution >= 0.6 is 11.6 Å². The zero-order chi connectivity index (χ0) is 34.3. The molecule has 2 atom stereocenters. The maximum Gasteiger partial charge on any atom is 0.413 e. The van der Waals surface area contributed by atoms with Gasteiger partial charge in [0.2, 0.25) is 5.95 Å². The molecule has 48 heavy (non-hydrogen) atoms. The lowest BCUT2D eigenvalue weighted by atomic mass is 9.69. The molecule has 1 unspecified atom stereocenters. The predicted octanol–water partition coefficient (Wildman–Crippen LogP) is 6.75. The number of nitriles is 2. The van der Waals surface area contributed by atoms with Gasteiger partial charge in [-0.25, -0.2) is 4.98 Å². The van der Waals surface area contributed by atoms with E-state index in [-0.39, 0.29) is 52.8 Å². The van der Waals surface area contributed by atoms with Gasteiger partial charge in [0.05, 0.1) is 45.0 Å². The third-order valence-electron chi connectivity index (χ3n) is 8.64. The first kappa shape index (κ1) is 32.9. The maximum atomic E-state index is 14.1. The van der Waals surface area contributed by atoms with Crippen LogP contribution in [-0.2, 0) is 5.44 Å². The molecule has 4 N–H and O–H groups in total. The number of nitrogens with zero attached hydrogens (tertiary/aromatic N) is 5. The summed E-state index contributed by atoms with van der Waals surface area (Å²) in [4.78, 5) is 8.32. The fourth-order valence-corrected chi connectivity index (χ4v) is 6.21. The van der Waals surface area contributed by atoms with E-state index in [1.165, 1.54) is 25.4 Å². The number of hydrogen-bond acceptors (Lipinski definition) is 9. The quantitative estimate of drug-likeness (QED) is 0.0823. The van der Waals surface area contributed by atoms with Crippen LogP contribution in [0.1, 0.15) is 54.1 Å². The average Bonchev–Trinajstić information content (AvgIpc) is 3.73. The van der Waals surface area contributed by atoms with Gasteiger partial charge in [0, 0.05) is 35.6 Å². The van der Waals surface area contributed by atoms with Gasteiger partial charge in [-0.15, -0.1) is 5.53 Å². The van der Waals surface area contributed by atoms with Crippen molar-refractivity contribution in [2.45, 2.75) is 55.8 Å². The summed E-state index contributed by atoms with van der Waals surface area (Å²) in [5.41, 5.74) is 4.20. The standard InChI is InChI=1S/C33H27BClF4N9/c1-19-24(9-10-28(36)43-19)32(34,27-18-48(47-46-27)31(11-12-31)33(37,38)39)45-22-14-23-29(21(16-41)17-42-30(23)25(35)15-22)44-26(8-5-13-40)20-6-3-2-4-7-20/h2-4,6-7,9-10,14-15,17-18,26,45-47H,5,8,11-12H2,1H3,(H,42,44)/t26-,32?/m1/s1. The molecule has 15 heteroatoms. The topological polar surface area (TPSA) is 125 Å². The van der Waals surface area contributed by atoms with E-state index in [2.05, 4.69) is 43.7 Å².